The summed E-state index contributed by atoms with van der Waals surface area (Å²) in [7, 11) is 1.88. The van der Waals surface area contributed by atoms with E-state index in [2.05, 4.69) is 50.0 Å². The number of likely N-dealkylation sites (N-methyl/N-ethyl adjacent to an activating group) is 1. The van der Waals surface area contributed by atoms with Crippen molar-refractivity contribution < 1.29 is 0 Å². The molecule has 0 spiro atoms. The average molecular weight is 301 g/mol. The molecule has 1 N–H and O–H groups in total. The molecule has 0 aliphatic rings. The minimum Gasteiger partial charge on any atom is -0.372 e. The topological polar surface area (TPSA) is 41.1 Å². The second kappa shape index (κ2) is 6.91. The van der Waals surface area contributed by atoms with Gasteiger partial charge in [0.1, 0.15) is 11.6 Å². The first-order valence-corrected chi connectivity index (χ1v) is 6.84. The lowest BCUT2D eigenvalue weighted by Crippen LogP contribution is -2.26. The van der Waals surface area contributed by atoms with Gasteiger partial charge in [0.2, 0.25) is 0 Å². The van der Waals surface area contributed by atoms with Crippen molar-refractivity contribution in [3.05, 3.63) is 16.0 Å². The third kappa shape index (κ3) is 3.92. The van der Waals surface area contributed by atoms with Crippen LogP contribution in [0.3, 0.4) is 0 Å². The molecule has 0 amide bonds. The van der Waals surface area contributed by atoms with Crippen LogP contribution in [0.4, 0.5) is 5.82 Å². The van der Waals surface area contributed by atoms with Gasteiger partial charge in [0.15, 0.2) is 0 Å². The van der Waals surface area contributed by atoms with Gasteiger partial charge in [-0.1, -0.05) is 13.8 Å². The Balaban J connectivity index is 2.75. The molecule has 0 bridgehead atoms. The van der Waals surface area contributed by atoms with Gasteiger partial charge in [-0.3, -0.25) is 0 Å². The lowest BCUT2D eigenvalue weighted by Gasteiger charge is -2.17. The molecule has 0 unspecified atom stereocenters. The molecule has 17 heavy (non-hydrogen) atoms. The van der Waals surface area contributed by atoms with E-state index in [1.54, 1.807) is 0 Å². The molecule has 0 aromatic carbocycles. The van der Waals surface area contributed by atoms with Crippen molar-refractivity contribution in [3.63, 3.8) is 0 Å². The summed E-state index contributed by atoms with van der Waals surface area (Å²) in [6, 6.07) is 0. The standard InChI is InChI=1S/C12H21BrN4/c1-5-17(6-2)8-7-10-15-9(3)11(13)12(14-4)16-10/h5-8H2,1-4H3,(H,14,15,16). The van der Waals surface area contributed by atoms with Crippen LogP contribution >= 0.6 is 15.9 Å². The van der Waals surface area contributed by atoms with Crippen LogP contribution in [-0.2, 0) is 6.42 Å². The van der Waals surface area contributed by atoms with Crippen LogP contribution in [0.5, 0.6) is 0 Å². The van der Waals surface area contributed by atoms with E-state index in [4.69, 9.17) is 0 Å². The van der Waals surface area contributed by atoms with Crippen LogP contribution in [0.2, 0.25) is 0 Å². The summed E-state index contributed by atoms with van der Waals surface area (Å²) >= 11 is 3.48. The normalized spacial score (nSPS) is 10.9. The molecule has 1 aromatic heterocycles. The number of nitrogens with zero attached hydrogens (tertiary/aromatic N) is 3. The molecule has 1 heterocycles. The molecule has 0 saturated heterocycles. The Hall–Kier alpha value is -0.680. The van der Waals surface area contributed by atoms with Gasteiger partial charge in [0, 0.05) is 20.0 Å². The Morgan fingerprint density at radius 2 is 1.88 bits per heavy atom. The zero-order valence-electron chi connectivity index (χ0n) is 11.0. The zero-order chi connectivity index (χ0) is 12.8. The second-order valence-electron chi connectivity index (χ2n) is 3.91. The molecule has 1 aromatic rings. The highest BCUT2D eigenvalue weighted by Crippen LogP contribution is 2.22. The first-order chi connectivity index (χ1) is 8.12. The minimum absolute atomic E-state index is 0.868. The van der Waals surface area contributed by atoms with E-state index in [1.165, 1.54) is 0 Å². The van der Waals surface area contributed by atoms with E-state index in [1.807, 2.05) is 14.0 Å². The summed E-state index contributed by atoms with van der Waals surface area (Å²) in [6.07, 6.45) is 0.893. The van der Waals surface area contributed by atoms with E-state index in [-0.39, 0.29) is 0 Å². The fourth-order valence-electron chi connectivity index (χ4n) is 1.69. The first kappa shape index (κ1) is 14.4. The maximum atomic E-state index is 4.50. The fourth-order valence-corrected chi connectivity index (χ4v) is 2.07. The van der Waals surface area contributed by atoms with Gasteiger partial charge in [-0.25, -0.2) is 9.97 Å². The Kier molecular flexibility index (Phi) is 5.85. The molecule has 5 heteroatoms. The number of hydrogen-bond acceptors (Lipinski definition) is 4. The fraction of sp³-hybridized carbons (Fsp3) is 0.667. The SMILES string of the molecule is CCN(CC)CCc1nc(C)c(Br)c(NC)n1. The molecule has 96 valence electrons. The van der Waals surface area contributed by atoms with Crippen LogP contribution in [0.1, 0.15) is 25.4 Å². The molecule has 0 radical (unpaired) electrons. The Morgan fingerprint density at radius 1 is 1.24 bits per heavy atom. The summed E-state index contributed by atoms with van der Waals surface area (Å²) in [4.78, 5) is 11.4. The van der Waals surface area contributed by atoms with Crippen molar-refractivity contribution in [3.8, 4) is 0 Å². The van der Waals surface area contributed by atoms with E-state index < -0.39 is 0 Å². The summed E-state index contributed by atoms with van der Waals surface area (Å²) in [6.45, 7) is 9.51. The quantitative estimate of drug-likeness (QED) is 0.876. The lowest BCUT2D eigenvalue weighted by atomic mass is 10.3. The number of anilines is 1. The van der Waals surface area contributed by atoms with Gasteiger partial charge >= 0.3 is 0 Å². The molecule has 0 aliphatic heterocycles. The Labute approximate surface area is 112 Å². The summed E-state index contributed by atoms with van der Waals surface area (Å²) in [5.74, 6) is 1.77. The smallest absolute Gasteiger partial charge is 0.144 e. The summed E-state index contributed by atoms with van der Waals surface area (Å²) in [5.41, 5.74) is 0.985. The van der Waals surface area contributed by atoms with Gasteiger partial charge in [0.05, 0.1) is 10.2 Å². The first-order valence-electron chi connectivity index (χ1n) is 6.05. The van der Waals surface area contributed by atoms with Crippen LogP contribution in [0.15, 0.2) is 4.47 Å². The number of nitrogens with one attached hydrogen (secondary N) is 1. The van der Waals surface area contributed by atoms with Gasteiger partial charge < -0.3 is 10.2 Å². The lowest BCUT2D eigenvalue weighted by molar-refractivity contribution is 0.305. The van der Waals surface area contributed by atoms with Gasteiger partial charge in [-0.2, -0.15) is 0 Å². The van der Waals surface area contributed by atoms with Crippen molar-refractivity contribution in [2.24, 2.45) is 0 Å². The monoisotopic (exact) mass is 300 g/mol. The van der Waals surface area contributed by atoms with Crippen molar-refractivity contribution in [2.45, 2.75) is 27.2 Å². The largest absolute Gasteiger partial charge is 0.372 e. The Bertz CT molecular complexity index is 364. The van der Waals surface area contributed by atoms with Crippen molar-refractivity contribution in [1.29, 1.82) is 0 Å². The van der Waals surface area contributed by atoms with Gasteiger partial charge in [-0.05, 0) is 35.9 Å². The van der Waals surface area contributed by atoms with E-state index in [0.29, 0.717) is 0 Å². The number of hydrogen-bond donors (Lipinski definition) is 1. The highest BCUT2D eigenvalue weighted by molar-refractivity contribution is 9.10. The zero-order valence-corrected chi connectivity index (χ0v) is 12.6. The molecular formula is C12H21BrN4. The molecule has 1 rings (SSSR count). The van der Waals surface area contributed by atoms with Crippen LogP contribution < -0.4 is 5.32 Å². The maximum Gasteiger partial charge on any atom is 0.144 e. The minimum atomic E-state index is 0.868. The molecule has 0 saturated carbocycles. The molecule has 4 nitrogen and oxygen atoms in total. The number of halogens is 1. The predicted molar refractivity (Wildman–Crippen MR) is 75.5 cm³/mol. The third-order valence-electron chi connectivity index (χ3n) is 2.85. The van der Waals surface area contributed by atoms with Crippen LogP contribution in [0, 0.1) is 6.92 Å². The molecular weight excluding hydrogens is 280 g/mol. The van der Waals surface area contributed by atoms with Crippen LogP contribution in [-0.4, -0.2) is 41.5 Å². The van der Waals surface area contributed by atoms with E-state index in [0.717, 1.165) is 47.9 Å². The predicted octanol–water partition coefficient (Wildman–Crippen LogP) is 2.47. The number of rotatable bonds is 6. The van der Waals surface area contributed by atoms with Crippen LogP contribution in [0.25, 0.3) is 0 Å². The number of aromatic nitrogens is 2. The van der Waals surface area contributed by atoms with E-state index >= 15 is 0 Å². The average Bonchev–Trinajstić information content (AvgIpc) is 2.34. The maximum absolute atomic E-state index is 4.50. The number of aryl methyl sites for hydroxylation is 1. The molecule has 0 atom stereocenters. The van der Waals surface area contributed by atoms with Crippen molar-refractivity contribution >= 4 is 21.7 Å². The van der Waals surface area contributed by atoms with E-state index in [9.17, 15) is 0 Å². The summed E-state index contributed by atoms with van der Waals surface area (Å²) < 4.78 is 0.951. The summed E-state index contributed by atoms with van der Waals surface area (Å²) in [5, 5.41) is 3.08. The van der Waals surface area contributed by atoms with Gasteiger partial charge in [0.25, 0.3) is 0 Å². The van der Waals surface area contributed by atoms with Crippen molar-refractivity contribution in [1.82, 2.24) is 14.9 Å². The second-order valence-corrected chi connectivity index (χ2v) is 4.71. The Morgan fingerprint density at radius 3 is 2.41 bits per heavy atom. The molecule has 0 aliphatic carbocycles. The third-order valence-corrected chi connectivity index (χ3v) is 3.80. The van der Waals surface area contributed by atoms with Gasteiger partial charge in [-0.15, -0.1) is 0 Å². The highest BCUT2D eigenvalue weighted by atomic mass is 79.9. The van der Waals surface area contributed by atoms with Crippen molar-refractivity contribution in [2.75, 3.05) is 32.0 Å². The highest BCUT2D eigenvalue weighted by Gasteiger charge is 2.09. The molecule has 0 fully saturated rings.